The number of benzene rings is 1. The first-order chi connectivity index (χ1) is 7.74. The van der Waals surface area contributed by atoms with Crippen molar-refractivity contribution in [1.29, 1.82) is 5.26 Å². The highest BCUT2D eigenvalue weighted by molar-refractivity contribution is 7.85. The molecule has 0 N–H and O–H groups in total. The van der Waals surface area contributed by atoms with E-state index < -0.39 is 10.8 Å². The number of hydrogen-bond acceptors (Lipinski definition) is 2. The van der Waals surface area contributed by atoms with Crippen molar-refractivity contribution in [2.75, 3.05) is 5.75 Å². The summed E-state index contributed by atoms with van der Waals surface area (Å²) in [7, 11) is -1.15. The molecule has 0 aliphatic rings. The maximum atomic E-state index is 11.2. The third-order valence-corrected chi connectivity index (χ3v) is 2.67. The molecule has 0 amide bonds. The predicted octanol–water partition coefficient (Wildman–Crippen LogP) is 3.68. The molecule has 0 fully saturated rings. The Morgan fingerprint density at radius 3 is 1.94 bits per heavy atom. The fraction of sp³-hybridized carbons (Fsp3) is 0.462. The molecule has 0 heterocycles. The van der Waals surface area contributed by atoms with Crippen molar-refractivity contribution in [3.05, 3.63) is 29.8 Å². The van der Waals surface area contributed by atoms with Gasteiger partial charge in [-0.25, -0.2) is 0 Å². The molecular weight excluding hydrogens is 218 g/mol. The summed E-state index contributed by atoms with van der Waals surface area (Å²) < 4.78 is 11.2. The molecule has 3 heteroatoms. The molecule has 1 aromatic rings. The minimum absolute atomic E-state index is 0.0725. The topological polar surface area (TPSA) is 40.9 Å². The Morgan fingerprint density at radius 2 is 1.56 bits per heavy atom. The van der Waals surface area contributed by atoms with Gasteiger partial charge in [-0.05, 0) is 19.1 Å². The van der Waals surface area contributed by atoms with E-state index in [0.29, 0.717) is 0 Å². The number of aryl methyl sites for hydroxylation is 1. The fourth-order valence-corrected chi connectivity index (χ4v) is 1.56. The molecule has 16 heavy (non-hydrogen) atoms. The maximum absolute atomic E-state index is 11.2. The monoisotopic (exact) mass is 239 g/mol. The van der Waals surface area contributed by atoms with E-state index in [0.717, 1.165) is 10.5 Å². The molecule has 0 aliphatic carbocycles. The van der Waals surface area contributed by atoms with Crippen LogP contribution < -0.4 is 0 Å². The first kappa shape index (κ1) is 17.3. The molecule has 1 unspecified atom stereocenters. The van der Waals surface area contributed by atoms with Gasteiger partial charge in [0.1, 0.15) is 5.75 Å². The van der Waals surface area contributed by atoms with E-state index in [-0.39, 0.29) is 5.75 Å². The third kappa shape index (κ3) is 7.19. The predicted molar refractivity (Wildman–Crippen MR) is 70.8 cm³/mol. The Bertz CT molecular complexity index is 325. The first-order valence-electron chi connectivity index (χ1n) is 5.56. The van der Waals surface area contributed by atoms with E-state index in [9.17, 15) is 4.21 Å². The van der Waals surface area contributed by atoms with Crippen molar-refractivity contribution in [2.24, 2.45) is 0 Å². The zero-order valence-corrected chi connectivity index (χ0v) is 11.6. The quantitative estimate of drug-likeness (QED) is 0.790. The van der Waals surface area contributed by atoms with Gasteiger partial charge in [-0.2, -0.15) is 5.26 Å². The molecule has 2 nitrogen and oxygen atoms in total. The second kappa shape index (κ2) is 11.9. The highest BCUT2D eigenvalue weighted by atomic mass is 32.2. The van der Waals surface area contributed by atoms with E-state index in [2.05, 4.69) is 0 Å². The standard InChI is InChI=1S/C9H9NOS.2C2H6/c1-8-2-4-9(5-3-8)12(11)7-6-10;2*1-2/h2-5H,7H2,1H3;2*1-2H3. The highest BCUT2D eigenvalue weighted by Gasteiger charge is 2.00. The van der Waals surface area contributed by atoms with Crippen LogP contribution in [0.15, 0.2) is 29.2 Å². The van der Waals surface area contributed by atoms with Crippen LogP contribution in [0.1, 0.15) is 33.3 Å². The van der Waals surface area contributed by atoms with Gasteiger partial charge in [-0.3, -0.25) is 4.21 Å². The molecule has 0 radical (unpaired) electrons. The lowest BCUT2D eigenvalue weighted by molar-refractivity contribution is 0.685. The lowest BCUT2D eigenvalue weighted by Crippen LogP contribution is -1.94. The molecule has 0 aliphatic heterocycles. The summed E-state index contributed by atoms with van der Waals surface area (Å²) in [5.74, 6) is 0.0725. The van der Waals surface area contributed by atoms with Crippen LogP contribution >= 0.6 is 0 Å². The highest BCUT2D eigenvalue weighted by Crippen LogP contribution is 2.07. The van der Waals surface area contributed by atoms with Gasteiger partial charge >= 0.3 is 0 Å². The minimum Gasteiger partial charge on any atom is -0.253 e. The van der Waals surface area contributed by atoms with Gasteiger partial charge in [0.25, 0.3) is 0 Å². The van der Waals surface area contributed by atoms with Crippen LogP contribution in [0.2, 0.25) is 0 Å². The molecule has 90 valence electrons. The van der Waals surface area contributed by atoms with Gasteiger partial charge < -0.3 is 0 Å². The molecule has 0 saturated heterocycles. The molecule has 0 aromatic heterocycles. The molecule has 0 saturated carbocycles. The van der Waals surface area contributed by atoms with Crippen LogP contribution in [-0.4, -0.2) is 9.96 Å². The largest absolute Gasteiger partial charge is 0.253 e. The maximum Gasteiger partial charge on any atom is 0.115 e. The van der Waals surface area contributed by atoms with E-state index >= 15 is 0 Å². The van der Waals surface area contributed by atoms with Crippen LogP contribution in [0, 0.1) is 18.3 Å². The van der Waals surface area contributed by atoms with Crippen molar-refractivity contribution in [3.63, 3.8) is 0 Å². The Hall–Kier alpha value is -1.14. The number of rotatable bonds is 2. The van der Waals surface area contributed by atoms with Crippen molar-refractivity contribution in [3.8, 4) is 6.07 Å². The lowest BCUT2D eigenvalue weighted by Gasteiger charge is -1.97. The van der Waals surface area contributed by atoms with Gasteiger partial charge in [0.15, 0.2) is 0 Å². The van der Waals surface area contributed by atoms with E-state index in [1.165, 1.54) is 0 Å². The third-order valence-electron chi connectivity index (χ3n) is 1.48. The van der Waals surface area contributed by atoms with Gasteiger partial charge in [-0.15, -0.1) is 0 Å². The summed E-state index contributed by atoms with van der Waals surface area (Å²) in [5.41, 5.74) is 1.13. The van der Waals surface area contributed by atoms with E-state index in [1.54, 1.807) is 12.1 Å². The average molecular weight is 239 g/mol. The number of nitriles is 1. The number of nitrogens with zero attached hydrogens (tertiary/aromatic N) is 1. The zero-order chi connectivity index (χ0) is 13.0. The second-order valence-corrected chi connectivity index (χ2v) is 3.91. The zero-order valence-electron chi connectivity index (χ0n) is 10.8. The Morgan fingerprint density at radius 1 is 1.12 bits per heavy atom. The van der Waals surface area contributed by atoms with Crippen LogP contribution in [0.4, 0.5) is 0 Å². The summed E-state index contributed by atoms with van der Waals surface area (Å²) in [6, 6.07) is 9.26. The lowest BCUT2D eigenvalue weighted by atomic mass is 10.2. The number of hydrogen-bond donors (Lipinski definition) is 0. The average Bonchev–Trinajstić information content (AvgIpc) is 2.35. The molecule has 1 atom stereocenters. The van der Waals surface area contributed by atoms with Gasteiger partial charge in [0.05, 0.1) is 16.9 Å². The summed E-state index contributed by atoms with van der Waals surface area (Å²) >= 11 is 0. The molecular formula is C13H21NOS. The van der Waals surface area contributed by atoms with Gasteiger partial charge in [0.2, 0.25) is 0 Å². The van der Waals surface area contributed by atoms with Crippen molar-refractivity contribution in [1.82, 2.24) is 0 Å². The minimum atomic E-state index is -1.15. The smallest absolute Gasteiger partial charge is 0.115 e. The summed E-state index contributed by atoms with van der Waals surface area (Å²) in [6.07, 6.45) is 0. The first-order valence-corrected chi connectivity index (χ1v) is 6.88. The van der Waals surface area contributed by atoms with Crippen molar-refractivity contribution in [2.45, 2.75) is 39.5 Å². The van der Waals surface area contributed by atoms with Crippen molar-refractivity contribution < 1.29 is 4.21 Å². The summed E-state index contributed by atoms with van der Waals surface area (Å²) in [5, 5.41) is 8.31. The summed E-state index contributed by atoms with van der Waals surface area (Å²) in [4.78, 5) is 0.724. The van der Waals surface area contributed by atoms with Crippen molar-refractivity contribution >= 4 is 10.8 Å². The Labute approximate surface area is 102 Å². The normalized spacial score (nSPS) is 9.75. The van der Waals surface area contributed by atoms with Gasteiger partial charge in [-0.1, -0.05) is 45.4 Å². The van der Waals surface area contributed by atoms with Crippen LogP contribution in [0.5, 0.6) is 0 Å². The van der Waals surface area contributed by atoms with Crippen LogP contribution in [0.25, 0.3) is 0 Å². The Balaban J connectivity index is 0. The SMILES string of the molecule is CC.CC.Cc1ccc(S(=O)CC#N)cc1. The molecule has 1 rings (SSSR count). The van der Waals surface area contributed by atoms with E-state index in [4.69, 9.17) is 5.26 Å². The second-order valence-electron chi connectivity index (χ2n) is 2.46. The summed E-state index contributed by atoms with van der Waals surface area (Å²) in [6.45, 7) is 9.97. The van der Waals surface area contributed by atoms with E-state index in [1.807, 2.05) is 52.8 Å². The molecule has 0 spiro atoms. The fourth-order valence-electron chi connectivity index (χ4n) is 0.832. The van der Waals surface area contributed by atoms with Crippen LogP contribution in [-0.2, 0) is 10.8 Å². The molecule has 1 aromatic carbocycles. The van der Waals surface area contributed by atoms with Gasteiger partial charge in [0, 0.05) is 4.90 Å². The Kier molecular flexibility index (Phi) is 12.9. The molecule has 0 bridgehead atoms. The van der Waals surface area contributed by atoms with Crippen LogP contribution in [0.3, 0.4) is 0 Å².